The highest BCUT2D eigenvalue weighted by Crippen LogP contribution is 2.23. The zero-order valence-electron chi connectivity index (χ0n) is 6.43. The van der Waals surface area contributed by atoms with E-state index in [4.69, 9.17) is 13.5 Å². The lowest BCUT2D eigenvalue weighted by atomic mass is 10.2. The number of rotatable bonds is 0. The minimum Gasteiger partial charge on any atom is -0.493 e. The molecule has 0 spiro atoms. The highest BCUT2D eigenvalue weighted by molar-refractivity contribution is 7.59. The minimum absolute atomic E-state index is 0.833. The van der Waals surface area contributed by atoms with Gasteiger partial charge in [0.2, 0.25) is 0 Å². The molecule has 0 radical (unpaired) electrons. The highest BCUT2D eigenvalue weighted by atomic mass is 32.2. The molecule has 0 amide bonds. The zero-order valence-corrected chi connectivity index (χ0v) is 7.33. The Bertz CT molecular complexity index is 239. The molecule has 1 aliphatic rings. The van der Waals surface area contributed by atoms with E-state index < -0.39 is 11.9 Å². The molecule has 0 saturated heterocycles. The summed E-state index contributed by atoms with van der Waals surface area (Å²) in [5, 5.41) is 0. The number of hydrogen-bond donors (Lipinski definition) is 2. The van der Waals surface area contributed by atoms with Crippen molar-refractivity contribution in [3.8, 4) is 5.75 Å². The molecule has 3 nitrogen and oxygen atoms in total. The first-order chi connectivity index (χ1) is 5.88. The molecule has 0 saturated carbocycles. The first-order valence-corrected chi connectivity index (χ1v) is 4.32. The van der Waals surface area contributed by atoms with Gasteiger partial charge in [-0.2, -0.15) is 0 Å². The summed E-state index contributed by atoms with van der Waals surface area (Å²) in [4.78, 5) is 0. The molecule has 1 aliphatic heterocycles. The summed E-state index contributed by atoms with van der Waals surface area (Å²) in [6.07, 6.45) is 1.08. The lowest BCUT2D eigenvalue weighted by molar-refractivity contribution is 0.357. The average molecular weight is 186 g/mol. The minimum atomic E-state index is -0.833. The summed E-state index contributed by atoms with van der Waals surface area (Å²) in [6.45, 7) is 0.860. The van der Waals surface area contributed by atoms with Crippen LogP contribution in [-0.2, 0) is 18.4 Å². The number of hydrogen-bond acceptors (Lipinski definition) is 2. The van der Waals surface area contributed by atoms with Crippen LogP contribution in [-0.4, -0.2) is 15.4 Å². The van der Waals surface area contributed by atoms with E-state index in [9.17, 15) is 0 Å². The molecule has 1 aromatic carbocycles. The maximum Gasteiger partial charge on any atom is 0.139 e. The molecule has 0 fully saturated rings. The van der Waals surface area contributed by atoms with Gasteiger partial charge in [-0.05, 0) is 11.6 Å². The lowest BCUT2D eigenvalue weighted by Crippen LogP contribution is -1.85. The fourth-order valence-corrected chi connectivity index (χ4v) is 1.12. The maximum atomic E-state index is 8.46. The van der Waals surface area contributed by atoms with E-state index in [1.54, 1.807) is 0 Å². The molecule has 1 aromatic rings. The fraction of sp³-hybridized carbons (Fsp3) is 0.250. The molecule has 0 aliphatic carbocycles. The van der Waals surface area contributed by atoms with Crippen molar-refractivity contribution in [3.05, 3.63) is 29.8 Å². The van der Waals surface area contributed by atoms with Gasteiger partial charge in [-0.15, -0.1) is 0 Å². The second-order valence-electron chi connectivity index (χ2n) is 2.29. The van der Waals surface area contributed by atoms with Crippen molar-refractivity contribution >= 4 is 11.9 Å². The van der Waals surface area contributed by atoms with E-state index >= 15 is 0 Å². The van der Waals surface area contributed by atoms with Gasteiger partial charge < -0.3 is 9.29 Å². The van der Waals surface area contributed by atoms with Crippen LogP contribution >= 0.6 is 0 Å². The van der Waals surface area contributed by atoms with Crippen molar-refractivity contribution in [1.29, 1.82) is 0 Å². The summed E-state index contributed by atoms with van der Waals surface area (Å²) in [5.41, 5.74) is 1.34. The van der Waals surface area contributed by atoms with Crippen LogP contribution in [0.25, 0.3) is 0 Å². The highest BCUT2D eigenvalue weighted by Gasteiger charge is 2.08. The fourth-order valence-electron chi connectivity index (χ4n) is 1.12. The Morgan fingerprint density at radius 2 is 2.08 bits per heavy atom. The number of ether oxygens (including phenoxy) is 1. The van der Waals surface area contributed by atoms with Gasteiger partial charge in [0.15, 0.2) is 0 Å². The van der Waals surface area contributed by atoms with Gasteiger partial charge >= 0.3 is 0 Å². The van der Waals surface area contributed by atoms with E-state index in [1.807, 2.05) is 18.2 Å². The Morgan fingerprint density at radius 3 is 2.75 bits per heavy atom. The summed E-state index contributed by atoms with van der Waals surface area (Å²) in [6, 6.07) is 8.18. The monoisotopic (exact) mass is 186 g/mol. The van der Waals surface area contributed by atoms with Crippen molar-refractivity contribution in [2.24, 2.45) is 0 Å². The second kappa shape index (κ2) is 4.90. The molecule has 1 heterocycles. The van der Waals surface area contributed by atoms with Gasteiger partial charge in [0, 0.05) is 6.42 Å². The quantitative estimate of drug-likeness (QED) is 0.470. The first kappa shape index (κ1) is 9.22. The molecule has 12 heavy (non-hydrogen) atoms. The third kappa shape index (κ3) is 2.32. The van der Waals surface area contributed by atoms with E-state index in [-0.39, 0.29) is 0 Å². The zero-order chi connectivity index (χ0) is 8.81. The molecule has 2 rings (SSSR count). The summed E-state index contributed by atoms with van der Waals surface area (Å²) < 4.78 is 20.7. The molecular formula is C8H10O3S. The Hall–Kier alpha value is -0.870. The van der Waals surface area contributed by atoms with Crippen LogP contribution in [0.2, 0.25) is 0 Å². The van der Waals surface area contributed by atoms with Crippen molar-refractivity contribution < 1.29 is 13.5 Å². The van der Waals surface area contributed by atoms with Crippen molar-refractivity contribution in [1.82, 2.24) is 0 Å². The number of benzene rings is 1. The molecule has 0 bridgehead atoms. The Kier molecular flexibility index (Phi) is 3.76. The van der Waals surface area contributed by atoms with Crippen molar-refractivity contribution in [2.45, 2.75) is 6.42 Å². The average Bonchev–Trinajstić information content (AvgIpc) is 2.52. The van der Waals surface area contributed by atoms with Gasteiger partial charge in [-0.3, -0.25) is 0 Å². The van der Waals surface area contributed by atoms with Crippen LogP contribution in [0.5, 0.6) is 5.75 Å². The van der Waals surface area contributed by atoms with Crippen LogP contribution in [0, 0.1) is 0 Å². The van der Waals surface area contributed by atoms with Gasteiger partial charge in [-0.25, -0.2) is 4.21 Å². The number of para-hydroxylation sites is 1. The Balaban J connectivity index is 0.000000213. The summed E-state index contributed by atoms with van der Waals surface area (Å²) in [7, 11) is 0. The van der Waals surface area contributed by atoms with Crippen LogP contribution < -0.4 is 4.74 Å². The van der Waals surface area contributed by atoms with Gasteiger partial charge in [0.25, 0.3) is 0 Å². The first-order valence-electron chi connectivity index (χ1n) is 3.56. The number of fused-ring (bicyclic) bond motifs is 1. The Morgan fingerprint density at radius 1 is 1.42 bits per heavy atom. The lowest BCUT2D eigenvalue weighted by Gasteiger charge is -1.93. The number of thiol groups is 1. The van der Waals surface area contributed by atoms with Crippen LogP contribution in [0.4, 0.5) is 0 Å². The van der Waals surface area contributed by atoms with E-state index in [1.165, 1.54) is 5.56 Å². The normalized spacial score (nSPS) is 12.4. The van der Waals surface area contributed by atoms with Gasteiger partial charge in [-0.1, -0.05) is 18.2 Å². The molecule has 66 valence electrons. The molecule has 0 unspecified atom stereocenters. The third-order valence-corrected chi connectivity index (χ3v) is 1.60. The molecular weight excluding hydrogens is 176 g/mol. The SMILES string of the molecule is O=[SH]O.c1ccc2c(c1)CCO2. The van der Waals surface area contributed by atoms with E-state index in [2.05, 4.69) is 6.07 Å². The van der Waals surface area contributed by atoms with E-state index in [0.717, 1.165) is 18.8 Å². The van der Waals surface area contributed by atoms with Crippen molar-refractivity contribution in [2.75, 3.05) is 6.61 Å². The third-order valence-electron chi connectivity index (χ3n) is 1.60. The van der Waals surface area contributed by atoms with E-state index in [0.29, 0.717) is 0 Å². The standard InChI is InChI=1S/C8H8O.H2O2S/c1-2-4-8-7(3-1)5-6-9-8;1-3-2/h1-4H,5-6H2;3H,(H,1,2). The smallest absolute Gasteiger partial charge is 0.139 e. The second-order valence-corrected chi connectivity index (χ2v) is 2.45. The molecule has 1 N–H and O–H groups in total. The van der Waals surface area contributed by atoms with Gasteiger partial charge in [0.05, 0.1) is 6.61 Å². The summed E-state index contributed by atoms with van der Waals surface area (Å²) in [5.74, 6) is 1.07. The predicted octanol–water partition coefficient (Wildman–Crippen LogP) is 1.03. The Labute approximate surface area is 74.7 Å². The van der Waals surface area contributed by atoms with Gasteiger partial charge in [0.1, 0.15) is 17.7 Å². The molecule has 0 aromatic heterocycles. The summed E-state index contributed by atoms with van der Waals surface area (Å²) >= 11 is -0.833. The molecule has 0 atom stereocenters. The predicted molar refractivity (Wildman–Crippen MR) is 47.8 cm³/mol. The maximum absolute atomic E-state index is 8.46. The van der Waals surface area contributed by atoms with Crippen LogP contribution in [0.1, 0.15) is 5.56 Å². The van der Waals surface area contributed by atoms with Crippen LogP contribution in [0.3, 0.4) is 0 Å². The molecule has 4 heteroatoms. The largest absolute Gasteiger partial charge is 0.493 e. The topological polar surface area (TPSA) is 46.5 Å². The van der Waals surface area contributed by atoms with Crippen molar-refractivity contribution in [3.63, 3.8) is 0 Å². The van der Waals surface area contributed by atoms with Crippen LogP contribution in [0.15, 0.2) is 24.3 Å².